The third kappa shape index (κ3) is 28.9. The third-order valence-electron chi connectivity index (χ3n) is 4.90. The molecule has 0 aromatic heterocycles. The maximum Gasteiger partial charge on any atom is 0.407 e. The van der Waals surface area contributed by atoms with Crippen molar-refractivity contribution in [1.82, 2.24) is 16.0 Å². The molecule has 0 aromatic rings. The van der Waals surface area contributed by atoms with Gasteiger partial charge in [0.15, 0.2) is 0 Å². The molecular formula is C26H49N3O7S4. The van der Waals surface area contributed by atoms with Gasteiger partial charge in [-0.2, -0.15) is 0 Å². The topological polar surface area (TPSA) is 116 Å². The number of hydrogen-bond donors (Lipinski definition) is 4. The monoisotopic (exact) mass is 643 g/mol. The highest BCUT2D eigenvalue weighted by Gasteiger charge is 2.21. The number of hydrogen-bond acceptors (Lipinski definition) is 12. The number of ether oxygens (including phenoxy) is 5. The number of carbonyl (C=O) groups excluding carboxylic acids is 2. The molecule has 0 rings (SSSR count). The van der Waals surface area contributed by atoms with E-state index in [9.17, 15) is 9.59 Å². The van der Waals surface area contributed by atoms with E-state index in [0.29, 0.717) is 52.7 Å². The van der Waals surface area contributed by atoms with E-state index in [1.54, 1.807) is 28.5 Å². The summed E-state index contributed by atoms with van der Waals surface area (Å²) in [5.41, 5.74) is 0.0162. The van der Waals surface area contributed by atoms with Gasteiger partial charge in [0.25, 0.3) is 0 Å². The van der Waals surface area contributed by atoms with Crippen LogP contribution in [0.2, 0.25) is 0 Å². The largest absolute Gasteiger partial charge is 0.450 e. The second kappa shape index (κ2) is 28.5. The molecule has 1 unspecified atom stereocenters. The summed E-state index contributed by atoms with van der Waals surface area (Å²) in [7, 11) is 4.82. The fourth-order valence-corrected chi connectivity index (χ4v) is 5.51. The van der Waals surface area contributed by atoms with Crippen LogP contribution in [0.5, 0.6) is 0 Å². The summed E-state index contributed by atoms with van der Waals surface area (Å²) in [5, 5.41) is 8.46. The number of alkyl carbamates (subject to hydrolysis) is 2. The zero-order valence-corrected chi connectivity index (χ0v) is 27.8. The molecule has 0 saturated heterocycles. The van der Waals surface area contributed by atoms with Gasteiger partial charge in [0.2, 0.25) is 0 Å². The molecule has 0 aliphatic carbocycles. The molecular weight excluding hydrogens is 595 g/mol. The van der Waals surface area contributed by atoms with Crippen LogP contribution < -0.4 is 16.0 Å². The van der Waals surface area contributed by atoms with Crippen molar-refractivity contribution >= 4 is 56.2 Å². The normalized spacial score (nSPS) is 11.8. The van der Waals surface area contributed by atoms with Gasteiger partial charge in [0.05, 0.1) is 38.8 Å². The lowest BCUT2D eigenvalue weighted by Crippen LogP contribution is -2.29. The molecule has 0 aliphatic heterocycles. The van der Waals surface area contributed by atoms with Gasteiger partial charge in [-0.3, -0.25) is 0 Å². The zero-order valence-electron chi connectivity index (χ0n) is 24.4. The number of unbranched alkanes of at least 4 members (excludes halogenated alkanes) is 2. The third-order valence-corrected chi connectivity index (χ3v) is 9.24. The Hall–Kier alpha value is -0.660. The van der Waals surface area contributed by atoms with Crippen molar-refractivity contribution < 1.29 is 33.3 Å². The lowest BCUT2D eigenvalue weighted by molar-refractivity contribution is 0.102. The van der Waals surface area contributed by atoms with Gasteiger partial charge in [0.1, 0.15) is 5.44 Å². The summed E-state index contributed by atoms with van der Waals surface area (Å²) in [6.07, 6.45) is 3.25. The molecule has 10 nitrogen and oxygen atoms in total. The Bertz CT molecular complexity index is 697. The Balaban J connectivity index is 3.60. The smallest absolute Gasteiger partial charge is 0.407 e. The van der Waals surface area contributed by atoms with Crippen molar-refractivity contribution in [1.29, 1.82) is 0 Å². The van der Waals surface area contributed by atoms with Gasteiger partial charge in [-0.15, -0.1) is 17.6 Å². The maximum absolute atomic E-state index is 11.9. The predicted molar refractivity (Wildman–Crippen MR) is 171 cm³/mol. The van der Waals surface area contributed by atoms with Crippen molar-refractivity contribution in [3.8, 4) is 11.8 Å². The molecule has 234 valence electrons. The number of carbonyl (C=O) groups is 2. The molecule has 3 N–H and O–H groups in total. The van der Waals surface area contributed by atoms with Crippen molar-refractivity contribution in [2.24, 2.45) is 0 Å². The van der Waals surface area contributed by atoms with Gasteiger partial charge >= 0.3 is 12.2 Å². The van der Waals surface area contributed by atoms with Gasteiger partial charge in [-0.25, -0.2) is 9.59 Å². The Morgan fingerprint density at radius 3 is 2.20 bits per heavy atom. The summed E-state index contributed by atoms with van der Waals surface area (Å²) in [4.78, 5) is 23.3. The van der Waals surface area contributed by atoms with Crippen LogP contribution in [0.25, 0.3) is 0 Å². The first-order valence-electron chi connectivity index (χ1n) is 13.6. The minimum absolute atomic E-state index is 0.0162. The Morgan fingerprint density at radius 2 is 1.50 bits per heavy atom. The highest BCUT2D eigenvalue weighted by molar-refractivity contribution is 8.77. The van der Waals surface area contributed by atoms with E-state index in [4.69, 9.17) is 23.7 Å². The molecule has 40 heavy (non-hydrogen) atoms. The summed E-state index contributed by atoms with van der Waals surface area (Å²) >= 11 is 4.05. The summed E-state index contributed by atoms with van der Waals surface area (Å²) in [6.45, 7) is 13.3. The highest BCUT2D eigenvalue weighted by Crippen LogP contribution is 2.40. The Morgan fingerprint density at radius 1 is 0.875 bits per heavy atom. The zero-order chi connectivity index (χ0) is 29.7. The van der Waals surface area contributed by atoms with E-state index in [1.807, 2.05) is 6.92 Å². The van der Waals surface area contributed by atoms with Crippen LogP contribution in [0.3, 0.4) is 0 Å². The molecule has 0 aliphatic rings. The second-order valence-electron chi connectivity index (χ2n) is 9.02. The minimum atomic E-state index is -0.450. The molecule has 0 bridgehead atoms. The van der Waals surface area contributed by atoms with E-state index in [1.165, 1.54) is 10.8 Å². The molecule has 0 spiro atoms. The quantitative estimate of drug-likeness (QED) is 0.0332. The summed E-state index contributed by atoms with van der Waals surface area (Å²) in [5.74, 6) is 6.26. The summed E-state index contributed by atoms with van der Waals surface area (Å²) < 4.78 is 27.2. The lowest BCUT2D eigenvalue weighted by Gasteiger charge is -2.24. The number of thiol groups is 1. The minimum Gasteiger partial charge on any atom is -0.450 e. The van der Waals surface area contributed by atoms with Crippen LogP contribution in [-0.4, -0.2) is 94.1 Å². The SMILES string of the molecule is CC#CCNC(=O)OCCCCOC(C)SSC(C)(C)CCOC(=O)NCCOCCCCOCCNCSS. The molecule has 0 saturated carbocycles. The molecule has 0 radical (unpaired) electrons. The molecule has 2 amide bonds. The van der Waals surface area contributed by atoms with Crippen LogP contribution in [-0.2, 0) is 23.7 Å². The first-order chi connectivity index (χ1) is 19.3. The molecule has 14 heteroatoms. The fourth-order valence-electron chi connectivity index (χ4n) is 2.68. The highest BCUT2D eigenvalue weighted by atomic mass is 33.1. The average Bonchev–Trinajstić information content (AvgIpc) is 2.92. The second-order valence-corrected chi connectivity index (χ2v) is 13.5. The summed E-state index contributed by atoms with van der Waals surface area (Å²) in [6, 6.07) is 0. The average molecular weight is 644 g/mol. The van der Waals surface area contributed by atoms with Crippen molar-refractivity contribution in [3.05, 3.63) is 0 Å². The van der Waals surface area contributed by atoms with Gasteiger partial charge < -0.3 is 39.6 Å². The van der Waals surface area contributed by atoms with Crippen LogP contribution in [0.4, 0.5) is 9.59 Å². The Labute approximate surface area is 258 Å². The fraction of sp³-hybridized carbons (Fsp3) is 0.846. The van der Waals surface area contributed by atoms with Gasteiger partial charge in [-0.1, -0.05) is 38.3 Å². The van der Waals surface area contributed by atoms with E-state index in [0.717, 1.165) is 51.1 Å². The molecule has 1 atom stereocenters. The molecule has 0 aromatic carbocycles. The Kier molecular flexibility index (Phi) is 28.0. The number of amides is 2. The predicted octanol–water partition coefficient (Wildman–Crippen LogP) is 5.09. The van der Waals surface area contributed by atoms with Crippen LogP contribution in [0.1, 0.15) is 59.8 Å². The first-order valence-corrected chi connectivity index (χ1v) is 17.9. The van der Waals surface area contributed by atoms with Gasteiger partial charge in [0, 0.05) is 37.7 Å². The van der Waals surface area contributed by atoms with E-state index < -0.39 is 12.2 Å². The van der Waals surface area contributed by atoms with E-state index in [2.05, 4.69) is 53.3 Å². The van der Waals surface area contributed by atoms with Crippen molar-refractivity contribution in [3.63, 3.8) is 0 Å². The van der Waals surface area contributed by atoms with Crippen molar-refractivity contribution in [2.75, 3.05) is 71.8 Å². The van der Waals surface area contributed by atoms with Crippen LogP contribution in [0.15, 0.2) is 0 Å². The van der Waals surface area contributed by atoms with Crippen LogP contribution in [0, 0.1) is 11.8 Å². The standard InChI is InChI=1S/C26H49N3O7S4/c1-5-6-12-28-24(30)35-18-10-9-17-34-23(2)39-40-26(3,4)11-19-36-25(31)29-14-21-33-16-8-7-15-32-20-13-27-22-38-37/h23,27,37H,7-22H2,1-4H3,(H,28,30)(H,29,31). The first kappa shape index (κ1) is 39.3. The van der Waals surface area contributed by atoms with Crippen LogP contribution >= 0.6 is 44.0 Å². The maximum atomic E-state index is 11.9. The molecule has 0 heterocycles. The molecule has 0 fully saturated rings. The van der Waals surface area contributed by atoms with E-state index >= 15 is 0 Å². The van der Waals surface area contributed by atoms with E-state index in [-0.39, 0.29) is 10.2 Å². The number of nitrogens with one attached hydrogen (secondary N) is 3. The van der Waals surface area contributed by atoms with Gasteiger partial charge in [-0.05, 0) is 59.8 Å². The number of rotatable bonds is 26. The lowest BCUT2D eigenvalue weighted by atomic mass is 10.1. The van der Waals surface area contributed by atoms with Crippen molar-refractivity contribution in [2.45, 2.75) is 70.0 Å².